The molecule has 0 saturated carbocycles. The predicted molar refractivity (Wildman–Crippen MR) is 141 cm³/mol. The first-order valence-electron chi connectivity index (χ1n) is 11.7. The van der Waals surface area contributed by atoms with Crippen LogP contribution in [0.1, 0.15) is 34.4 Å². The fourth-order valence-corrected chi connectivity index (χ4v) is 5.22. The number of benzene rings is 3. The number of fused-ring (bicyclic) bond motifs is 3. The van der Waals surface area contributed by atoms with Gasteiger partial charge >= 0.3 is 0 Å². The smallest absolute Gasteiger partial charge is 0.227 e. The Balaban J connectivity index is 1.60. The Morgan fingerprint density at radius 2 is 1.58 bits per heavy atom. The number of nitrogens with one attached hydrogen (secondary N) is 1. The average molecular weight is 499 g/mol. The fraction of sp³-hybridized carbons (Fsp3) is 0.214. The van der Waals surface area contributed by atoms with E-state index in [9.17, 15) is 0 Å². The number of anilines is 1. The maximum Gasteiger partial charge on any atom is 0.227 e. The van der Waals surface area contributed by atoms with Crippen LogP contribution in [-0.4, -0.2) is 35.2 Å². The second kappa shape index (κ2) is 8.95. The van der Waals surface area contributed by atoms with Gasteiger partial charge in [0.15, 0.2) is 0 Å². The molecule has 0 amide bonds. The van der Waals surface area contributed by atoms with Gasteiger partial charge in [-0.3, -0.25) is 0 Å². The molecule has 0 bridgehead atoms. The molecule has 2 atom stereocenters. The van der Waals surface area contributed by atoms with Crippen LogP contribution in [0.15, 0.2) is 77.5 Å². The van der Waals surface area contributed by atoms with E-state index >= 15 is 0 Å². The molecule has 4 aromatic rings. The van der Waals surface area contributed by atoms with Crippen molar-refractivity contribution < 1.29 is 14.2 Å². The summed E-state index contributed by atoms with van der Waals surface area (Å²) < 4.78 is 19.5. The second-order valence-corrected chi connectivity index (χ2v) is 9.54. The van der Waals surface area contributed by atoms with Crippen LogP contribution in [0.2, 0.25) is 0 Å². The van der Waals surface area contributed by atoms with Crippen molar-refractivity contribution in [3.05, 3.63) is 94.6 Å². The monoisotopic (exact) mass is 498 g/mol. The number of ether oxygens (including phenoxy) is 3. The summed E-state index contributed by atoms with van der Waals surface area (Å²) in [6, 6.07) is 22.2. The van der Waals surface area contributed by atoms with Crippen LogP contribution in [-0.2, 0) is 0 Å². The van der Waals surface area contributed by atoms with E-state index in [-0.39, 0.29) is 12.1 Å². The SMILES string of the molecule is COc1ccc([C@H]2Oc3ccc(C)cc3C3=C2[C@@H](c2ccc(OC)cc2)n2nc(SC)nc2N3)cc1. The first kappa shape index (κ1) is 22.5. The van der Waals surface area contributed by atoms with Crippen LogP contribution >= 0.6 is 11.8 Å². The summed E-state index contributed by atoms with van der Waals surface area (Å²) in [4.78, 5) is 4.77. The second-order valence-electron chi connectivity index (χ2n) is 8.77. The first-order valence-corrected chi connectivity index (χ1v) is 12.9. The van der Waals surface area contributed by atoms with E-state index in [1.165, 1.54) is 11.8 Å². The highest BCUT2D eigenvalue weighted by Crippen LogP contribution is 2.51. The molecule has 0 fully saturated rings. The summed E-state index contributed by atoms with van der Waals surface area (Å²) in [7, 11) is 3.35. The molecule has 0 spiro atoms. The van der Waals surface area contributed by atoms with E-state index in [1.54, 1.807) is 14.2 Å². The van der Waals surface area contributed by atoms with Gasteiger partial charge in [0.05, 0.1) is 19.9 Å². The number of hydrogen-bond acceptors (Lipinski definition) is 7. The molecular weight excluding hydrogens is 472 g/mol. The van der Waals surface area contributed by atoms with Crippen LogP contribution in [0.4, 0.5) is 5.95 Å². The van der Waals surface area contributed by atoms with Gasteiger partial charge in [0.2, 0.25) is 11.1 Å². The summed E-state index contributed by atoms with van der Waals surface area (Å²) in [5.74, 6) is 3.15. The number of methoxy groups -OCH3 is 2. The predicted octanol–water partition coefficient (Wildman–Crippen LogP) is 5.89. The molecule has 7 nitrogen and oxygen atoms in total. The van der Waals surface area contributed by atoms with Crippen LogP contribution in [0.25, 0.3) is 5.70 Å². The number of thioether (sulfide) groups is 1. The minimum Gasteiger partial charge on any atom is -0.497 e. The minimum atomic E-state index is -0.337. The normalized spacial score (nSPS) is 17.9. The molecule has 0 radical (unpaired) electrons. The molecule has 0 aliphatic carbocycles. The summed E-state index contributed by atoms with van der Waals surface area (Å²) in [5, 5.41) is 9.17. The zero-order valence-electron chi connectivity index (χ0n) is 20.5. The molecule has 36 heavy (non-hydrogen) atoms. The summed E-state index contributed by atoms with van der Waals surface area (Å²) in [6.07, 6.45) is 1.65. The highest BCUT2D eigenvalue weighted by Gasteiger charge is 2.41. The van der Waals surface area contributed by atoms with Crippen LogP contribution in [0.3, 0.4) is 0 Å². The van der Waals surface area contributed by atoms with E-state index in [1.807, 2.05) is 41.3 Å². The van der Waals surface area contributed by atoms with E-state index in [0.717, 1.165) is 50.8 Å². The zero-order valence-corrected chi connectivity index (χ0v) is 21.3. The standard InChI is InChI=1S/C28H26N4O3S/c1-16-5-14-22-21(15-16)24-23(26(35-22)18-8-12-20(34-3)13-9-18)25(17-6-10-19(33-2)11-7-17)32-27(29-24)30-28(31-32)36-4/h5-15,25-26H,1-4H3,(H,29,30,31)/t25-,26-/m1/s1. The Kier molecular flexibility index (Phi) is 5.60. The van der Waals surface area contributed by atoms with E-state index in [2.05, 4.69) is 48.6 Å². The molecule has 2 aliphatic rings. The average Bonchev–Trinajstić information content (AvgIpc) is 3.35. The highest BCUT2D eigenvalue weighted by atomic mass is 32.2. The van der Waals surface area contributed by atoms with Crippen LogP contribution < -0.4 is 19.5 Å². The van der Waals surface area contributed by atoms with Gasteiger partial charge in [-0.15, -0.1) is 5.10 Å². The maximum absolute atomic E-state index is 6.73. The molecular formula is C28H26N4O3S. The third-order valence-electron chi connectivity index (χ3n) is 6.64. The molecule has 0 unspecified atom stereocenters. The quantitative estimate of drug-likeness (QED) is 0.344. The molecule has 1 N–H and O–H groups in total. The summed E-state index contributed by atoms with van der Waals surface area (Å²) >= 11 is 1.52. The molecule has 6 rings (SSSR count). The van der Waals surface area contributed by atoms with Crippen LogP contribution in [0.5, 0.6) is 17.2 Å². The summed E-state index contributed by atoms with van der Waals surface area (Å²) in [6.45, 7) is 2.09. The van der Waals surface area contributed by atoms with Crippen molar-refractivity contribution in [2.45, 2.75) is 24.2 Å². The van der Waals surface area contributed by atoms with E-state index < -0.39 is 0 Å². The van der Waals surface area contributed by atoms with Gasteiger partial charge in [-0.05, 0) is 60.7 Å². The van der Waals surface area contributed by atoms with Gasteiger partial charge in [0.25, 0.3) is 0 Å². The van der Waals surface area contributed by atoms with Gasteiger partial charge in [0, 0.05) is 11.1 Å². The highest BCUT2D eigenvalue weighted by molar-refractivity contribution is 7.98. The van der Waals surface area contributed by atoms with Gasteiger partial charge in [-0.2, -0.15) is 4.98 Å². The van der Waals surface area contributed by atoms with Crippen molar-refractivity contribution >= 4 is 23.4 Å². The minimum absolute atomic E-state index is 0.226. The van der Waals surface area contributed by atoms with Gasteiger partial charge in [0.1, 0.15) is 29.4 Å². The lowest BCUT2D eigenvalue weighted by molar-refractivity contribution is 0.222. The molecule has 8 heteroatoms. The Morgan fingerprint density at radius 3 is 2.22 bits per heavy atom. The van der Waals surface area contributed by atoms with Gasteiger partial charge in [-0.1, -0.05) is 47.7 Å². The van der Waals surface area contributed by atoms with E-state index in [0.29, 0.717) is 11.1 Å². The van der Waals surface area contributed by atoms with Crippen molar-refractivity contribution in [2.75, 3.05) is 25.8 Å². The van der Waals surface area contributed by atoms with Crippen molar-refractivity contribution in [1.29, 1.82) is 0 Å². The third-order valence-corrected chi connectivity index (χ3v) is 7.18. The Bertz CT molecular complexity index is 1460. The number of rotatable bonds is 5. The Labute approximate surface area is 214 Å². The Morgan fingerprint density at radius 1 is 0.917 bits per heavy atom. The molecule has 3 aromatic carbocycles. The lowest BCUT2D eigenvalue weighted by atomic mass is 9.84. The largest absolute Gasteiger partial charge is 0.497 e. The molecule has 182 valence electrons. The lowest BCUT2D eigenvalue weighted by Crippen LogP contribution is -2.32. The molecule has 2 aliphatic heterocycles. The van der Waals surface area contributed by atoms with Crippen molar-refractivity contribution in [1.82, 2.24) is 14.8 Å². The third kappa shape index (κ3) is 3.69. The number of nitrogens with zero attached hydrogens (tertiary/aromatic N) is 3. The summed E-state index contributed by atoms with van der Waals surface area (Å²) in [5.41, 5.74) is 6.37. The molecule has 1 aromatic heterocycles. The van der Waals surface area contributed by atoms with Crippen molar-refractivity contribution in [2.24, 2.45) is 0 Å². The Hall–Kier alpha value is -3.91. The zero-order chi connectivity index (χ0) is 24.8. The fourth-order valence-electron chi connectivity index (χ4n) is 4.87. The van der Waals surface area contributed by atoms with Crippen molar-refractivity contribution in [3.8, 4) is 17.2 Å². The number of aromatic nitrogens is 3. The number of hydrogen-bond donors (Lipinski definition) is 1. The topological polar surface area (TPSA) is 70.4 Å². The molecule has 3 heterocycles. The maximum atomic E-state index is 6.73. The van der Waals surface area contributed by atoms with Crippen molar-refractivity contribution in [3.63, 3.8) is 0 Å². The molecule has 0 saturated heterocycles. The number of aryl methyl sites for hydroxylation is 1. The van der Waals surface area contributed by atoms with Gasteiger partial charge in [-0.25, -0.2) is 4.68 Å². The van der Waals surface area contributed by atoms with Gasteiger partial charge < -0.3 is 19.5 Å². The van der Waals surface area contributed by atoms with Crippen LogP contribution in [0, 0.1) is 6.92 Å². The van der Waals surface area contributed by atoms with E-state index in [4.69, 9.17) is 24.3 Å². The lowest BCUT2D eigenvalue weighted by Gasteiger charge is -2.39. The first-order chi connectivity index (χ1) is 17.6.